The van der Waals surface area contributed by atoms with Crippen molar-refractivity contribution in [3.8, 4) is 0 Å². The summed E-state index contributed by atoms with van der Waals surface area (Å²) in [4.78, 5) is 38.7. The maximum absolute atomic E-state index is 13.5. The van der Waals surface area contributed by atoms with Crippen molar-refractivity contribution < 1.29 is 27.2 Å². The second kappa shape index (κ2) is 9.54. The summed E-state index contributed by atoms with van der Waals surface area (Å²) >= 11 is 0. The van der Waals surface area contributed by atoms with E-state index in [1.54, 1.807) is 0 Å². The minimum atomic E-state index is -4.91. The van der Waals surface area contributed by atoms with Crippen molar-refractivity contribution >= 4 is 11.8 Å². The van der Waals surface area contributed by atoms with Crippen LogP contribution in [0.3, 0.4) is 0 Å². The molecule has 2 amide bonds. The van der Waals surface area contributed by atoms with Crippen LogP contribution in [0.2, 0.25) is 0 Å². The van der Waals surface area contributed by atoms with Gasteiger partial charge in [0.15, 0.2) is 0 Å². The first kappa shape index (κ1) is 23.5. The van der Waals surface area contributed by atoms with Crippen LogP contribution in [0.1, 0.15) is 53.7 Å². The summed E-state index contributed by atoms with van der Waals surface area (Å²) in [6.45, 7) is -0.831. The monoisotopic (exact) mass is 453 g/mol. The minimum absolute atomic E-state index is 0.0649. The van der Waals surface area contributed by atoms with Gasteiger partial charge in [-0.3, -0.25) is 19.0 Å². The van der Waals surface area contributed by atoms with E-state index in [-0.39, 0.29) is 17.2 Å². The number of amides is 2. The maximum Gasteiger partial charge on any atom is 0.431 e. The molecular weight excluding hydrogens is 430 g/mol. The van der Waals surface area contributed by atoms with Crippen molar-refractivity contribution in [2.75, 3.05) is 0 Å². The number of pyridine rings is 1. The third-order valence-electron chi connectivity index (χ3n) is 5.63. The number of hydrogen-bond donors (Lipinski definition) is 1. The zero-order chi connectivity index (χ0) is 23.5. The van der Waals surface area contributed by atoms with Crippen molar-refractivity contribution in [3.63, 3.8) is 0 Å². The second-order valence-corrected chi connectivity index (χ2v) is 7.83. The van der Waals surface area contributed by atoms with Gasteiger partial charge >= 0.3 is 6.18 Å². The molecule has 2 aromatic rings. The van der Waals surface area contributed by atoms with Gasteiger partial charge in [-0.25, -0.2) is 4.39 Å². The lowest BCUT2D eigenvalue weighted by Gasteiger charge is -2.35. The molecule has 1 aromatic heterocycles. The molecule has 0 saturated heterocycles. The molecule has 0 aliphatic heterocycles. The first-order valence-electron chi connectivity index (χ1n) is 10.2. The van der Waals surface area contributed by atoms with Crippen molar-refractivity contribution in [1.29, 1.82) is 0 Å². The Kier molecular flexibility index (Phi) is 7.00. The van der Waals surface area contributed by atoms with Gasteiger partial charge in [0.25, 0.3) is 11.5 Å². The fraction of sp³-hybridized carbons (Fsp3) is 0.409. The topological polar surface area (TPSA) is 85.4 Å². The molecule has 0 spiro atoms. The molecular formula is C22H23F4N3O3. The van der Waals surface area contributed by atoms with E-state index in [1.165, 1.54) is 29.2 Å². The van der Waals surface area contributed by atoms with E-state index in [1.807, 2.05) is 0 Å². The van der Waals surface area contributed by atoms with Gasteiger partial charge in [0, 0.05) is 12.6 Å². The predicted molar refractivity (Wildman–Crippen MR) is 108 cm³/mol. The fourth-order valence-corrected chi connectivity index (χ4v) is 4.00. The predicted octanol–water partition coefficient (Wildman–Crippen LogP) is 3.47. The summed E-state index contributed by atoms with van der Waals surface area (Å²) in [6, 6.07) is 6.54. The number of nitrogens with two attached hydrogens (primary N) is 1. The van der Waals surface area contributed by atoms with Gasteiger partial charge in [-0.15, -0.1) is 0 Å². The van der Waals surface area contributed by atoms with Crippen LogP contribution in [-0.2, 0) is 24.1 Å². The molecule has 0 unspecified atom stereocenters. The Hall–Kier alpha value is -3.17. The van der Waals surface area contributed by atoms with Gasteiger partial charge in [-0.1, -0.05) is 31.4 Å². The largest absolute Gasteiger partial charge is 0.431 e. The zero-order valence-electron chi connectivity index (χ0n) is 17.2. The van der Waals surface area contributed by atoms with Gasteiger partial charge in [0.2, 0.25) is 5.91 Å². The van der Waals surface area contributed by atoms with Crippen molar-refractivity contribution in [1.82, 2.24) is 9.47 Å². The number of aromatic nitrogens is 1. The lowest BCUT2D eigenvalue weighted by molar-refractivity contribution is -0.146. The molecule has 1 saturated carbocycles. The first-order chi connectivity index (χ1) is 15.1. The van der Waals surface area contributed by atoms with Crippen LogP contribution in [0.15, 0.2) is 41.2 Å². The lowest BCUT2D eigenvalue weighted by Crippen LogP contribution is -2.45. The molecule has 1 aliphatic rings. The lowest BCUT2D eigenvalue weighted by atomic mass is 9.93. The number of benzene rings is 1. The summed E-state index contributed by atoms with van der Waals surface area (Å²) < 4.78 is 54.1. The second-order valence-electron chi connectivity index (χ2n) is 7.83. The summed E-state index contributed by atoms with van der Waals surface area (Å²) in [6.07, 6.45) is -0.841. The molecule has 0 atom stereocenters. The van der Waals surface area contributed by atoms with E-state index in [2.05, 4.69) is 0 Å². The van der Waals surface area contributed by atoms with E-state index < -0.39 is 47.2 Å². The quantitative estimate of drug-likeness (QED) is 0.680. The summed E-state index contributed by atoms with van der Waals surface area (Å²) in [7, 11) is 0. The van der Waals surface area contributed by atoms with Crippen LogP contribution < -0.4 is 11.3 Å². The van der Waals surface area contributed by atoms with E-state index >= 15 is 0 Å². The first-order valence-corrected chi connectivity index (χ1v) is 10.2. The van der Waals surface area contributed by atoms with E-state index in [0.717, 1.165) is 19.3 Å². The number of hydrogen-bond acceptors (Lipinski definition) is 3. The molecule has 2 N–H and O–H groups in total. The zero-order valence-corrected chi connectivity index (χ0v) is 17.2. The summed E-state index contributed by atoms with van der Waals surface area (Å²) in [5.41, 5.74) is 2.47. The van der Waals surface area contributed by atoms with E-state index in [4.69, 9.17) is 5.73 Å². The van der Waals surface area contributed by atoms with Crippen LogP contribution in [0.5, 0.6) is 0 Å². The summed E-state index contributed by atoms with van der Waals surface area (Å²) in [5, 5.41) is 0. The van der Waals surface area contributed by atoms with E-state index in [9.17, 15) is 31.9 Å². The Morgan fingerprint density at radius 3 is 2.22 bits per heavy atom. The normalized spacial score (nSPS) is 14.9. The average molecular weight is 453 g/mol. The Bertz CT molecular complexity index is 1040. The van der Waals surface area contributed by atoms with Crippen molar-refractivity contribution in [2.24, 2.45) is 5.73 Å². The fourth-order valence-electron chi connectivity index (χ4n) is 4.00. The SMILES string of the molecule is NC(=O)c1ccc(C(F)(F)F)n(CC(=O)N(Cc2ccc(F)cc2)C2CCCCC2)c1=O. The smallest absolute Gasteiger partial charge is 0.365 e. The molecule has 1 heterocycles. The molecule has 1 aromatic carbocycles. The number of halogens is 4. The number of nitrogens with zero attached hydrogens (tertiary/aromatic N) is 2. The molecule has 3 rings (SSSR count). The van der Waals surface area contributed by atoms with Crippen LogP contribution >= 0.6 is 0 Å². The van der Waals surface area contributed by atoms with Gasteiger partial charge in [-0.2, -0.15) is 13.2 Å². The number of alkyl halides is 3. The molecule has 0 bridgehead atoms. The Morgan fingerprint density at radius 2 is 1.66 bits per heavy atom. The average Bonchev–Trinajstić information content (AvgIpc) is 2.74. The standard InChI is InChI=1S/C22H23F4N3O3/c23-15-8-6-14(7-9-15)12-28(16-4-2-1-3-5-16)19(30)13-29-18(22(24,25)26)11-10-17(20(27)31)21(29)32/h6-11,16H,1-5,12-13H2,(H2,27,31). The highest BCUT2D eigenvalue weighted by atomic mass is 19.4. The Labute approximate surface area is 181 Å². The minimum Gasteiger partial charge on any atom is -0.365 e. The summed E-state index contributed by atoms with van der Waals surface area (Å²) in [5.74, 6) is -2.33. The number of carbonyl (C=O) groups excluding carboxylic acids is 2. The van der Waals surface area contributed by atoms with E-state index in [0.29, 0.717) is 30.5 Å². The molecule has 1 fully saturated rings. The molecule has 32 heavy (non-hydrogen) atoms. The van der Waals surface area contributed by atoms with Crippen LogP contribution in [0.25, 0.3) is 0 Å². The molecule has 6 nitrogen and oxygen atoms in total. The highest BCUT2D eigenvalue weighted by molar-refractivity contribution is 5.92. The van der Waals surface area contributed by atoms with Gasteiger partial charge in [-0.05, 0) is 42.7 Å². The third-order valence-corrected chi connectivity index (χ3v) is 5.63. The number of rotatable bonds is 6. The molecule has 10 heteroatoms. The van der Waals surface area contributed by atoms with Gasteiger partial charge in [0.05, 0.1) is 0 Å². The van der Waals surface area contributed by atoms with Gasteiger partial charge < -0.3 is 10.6 Å². The van der Waals surface area contributed by atoms with Crippen LogP contribution in [0, 0.1) is 5.82 Å². The highest BCUT2D eigenvalue weighted by Crippen LogP contribution is 2.29. The van der Waals surface area contributed by atoms with Crippen LogP contribution in [-0.4, -0.2) is 27.3 Å². The molecule has 1 aliphatic carbocycles. The Balaban J connectivity index is 1.98. The van der Waals surface area contributed by atoms with Crippen molar-refractivity contribution in [2.45, 2.75) is 57.4 Å². The van der Waals surface area contributed by atoms with Crippen molar-refractivity contribution in [3.05, 3.63) is 69.4 Å². The van der Waals surface area contributed by atoms with Crippen LogP contribution in [0.4, 0.5) is 17.6 Å². The maximum atomic E-state index is 13.5. The number of carbonyl (C=O) groups is 2. The van der Waals surface area contributed by atoms with Gasteiger partial charge in [0.1, 0.15) is 23.6 Å². The molecule has 172 valence electrons. The highest BCUT2D eigenvalue weighted by Gasteiger charge is 2.36. The Morgan fingerprint density at radius 1 is 1.03 bits per heavy atom. The third kappa shape index (κ3) is 5.35. The number of primary amides is 1. The molecule has 0 radical (unpaired) electrons.